The van der Waals surface area contributed by atoms with Crippen LogP contribution in [-0.4, -0.2) is 37.0 Å². The zero-order valence-electron chi connectivity index (χ0n) is 12.2. The van der Waals surface area contributed by atoms with Crippen LogP contribution in [0, 0.1) is 11.6 Å². The van der Waals surface area contributed by atoms with Gasteiger partial charge in [-0.15, -0.1) is 0 Å². The van der Waals surface area contributed by atoms with E-state index in [1.165, 1.54) is 25.7 Å². The van der Waals surface area contributed by atoms with Gasteiger partial charge < -0.3 is 10.2 Å². The standard InChI is InChI=1S/C16H22F2N2O/c17-13-6-7-15(18)14(12-13)16(21)19-8-5-11-20-9-3-1-2-4-10-20/h6-7,12H,1-5,8-11H2,(H,19,21). The first-order chi connectivity index (χ1) is 10.2. The Morgan fingerprint density at radius 3 is 2.57 bits per heavy atom. The topological polar surface area (TPSA) is 32.3 Å². The normalized spacial score (nSPS) is 16.5. The Kier molecular flexibility index (Phi) is 6.11. The molecule has 5 heteroatoms. The van der Waals surface area contributed by atoms with E-state index in [2.05, 4.69) is 10.2 Å². The Labute approximate surface area is 124 Å². The summed E-state index contributed by atoms with van der Waals surface area (Å²) in [6, 6.07) is 2.91. The molecule has 0 aromatic heterocycles. The Bertz CT molecular complexity index is 471. The van der Waals surface area contributed by atoms with Crippen molar-refractivity contribution in [2.75, 3.05) is 26.2 Å². The summed E-state index contributed by atoms with van der Waals surface area (Å²) in [4.78, 5) is 14.2. The molecule has 1 saturated heterocycles. The Morgan fingerprint density at radius 2 is 1.86 bits per heavy atom. The number of rotatable bonds is 5. The number of hydrogen-bond acceptors (Lipinski definition) is 2. The third-order valence-electron chi connectivity index (χ3n) is 3.81. The van der Waals surface area contributed by atoms with E-state index >= 15 is 0 Å². The van der Waals surface area contributed by atoms with Crippen LogP contribution in [0.5, 0.6) is 0 Å². The molecule has 1 aliphatic heterocycles. The second-order valence-electron chi connectivity index (χ2n) is 5.49. The lowest BCUT2D eigenvalue weighted by atomic mass is 10.2. The zero-order valence-corrected chi connectivity index (χ0v) is 12.2. The van der Waals surface area contributed by atoms with E-state index in [0.717, 1.165) is 44.3 Å². The summed E-state index contributed by atoms with van der Waals surface area (Å²) in [5.74, 6) is -1.85. The van der Waals surface area contributed by atoms with Crippen molar-refractivity contribution in [2.24, 2.45) is 0 Å². The van der Waals surface area contributed by atoms with E-state index in [4.69, 9.17) is 0 Å². The van der Waals surface area contributed by atoms with Gasteiger partial charge in [-0.05, 0) is 57.1 Å². The van der Waals surface area contributed by atoms with Crippen LogP contribution in [0.15, 0.2) is 18.2 Å². The van der Waals surface area contributed by atoms with Crippen LogP contribution in [-0.2, 0) is 0 Å². The minimum Gasteiger partial charge on any atom is -0.352 e. The number of benzene rings is 1. The predicted molar refractivity (Wildman–Crippen MR) is 78.2 cm³/mol. The van der Waals surface area contributed by atoms with Crippen molar-refractivity contribution in [1.82, 2.24) is 10.2 Å². The van der Waals surface area contributed by atoms with Crippen LogP contribution in [0.2, 0.25) is 0 Å². The van der Waals surface area contributed by atoms with Crippen LogP contribution >= 0.6 is 0 Å². The number of halogens is 2. The molecule has 0 unspecified atom stereocenters. The van der Waals surface area contributed by atoms with Gasteiger partial charge in [-0.1, -0.05) is 12.8 Å². The summed E-state index contributed by atoms with van der Waals surface area (Å²) in [5.41, 5.74) is -0.232. The largest absolute Gasteiger partial charge is 0.352 e. The van der Waals surface area contributed by atoms with E-state index in [9.17, 15) is 13.6 Å². The van der Waals surface area contributed by atoms with Gasteiger partial charge >= 0.3 is 0 Å². The highest BCUT2D eigenvalue weighted by Gasteiger charge is 2.13. The van der Waals surface area contributed by atoms with Gasteiger partial charge in [-0.3, -0.25) is 4.79 Å². The van der Waals surface area contributed by atoms with Crippen LogP contribution in [0.1, 0.15) is 42.5 Å². The lowest BCUT2D eigenvalue weighted by Gasteiger charge is -2.19. The van der Waals surface area contributed by atoms with Crippen molar-refractivity contribution >= 4 is 5.91 Å². The van der Waals surface area contributed by atoms with E-state index in [-0.39, 0.29) is 5.56 Å². The van der Waals surface area contributed by atoms with Crippen molar-refractivity contribution < 1.29 is 13.6 Å². The average molecular weight is 296 g/mol. The molecule has 1 fully saturated rings. The maximum absolute atomic E-state index is 13.4. The smallest absolute Gasteiger partial charge is 0.254 e. The summed E-state index contributed by atoms with van der Waals surface area (Å²) in [6.45, 7) is 3.65. The minimum absolute atomic E-state index is 0.232. The van der Waals surface area contributed by atoms with Crippen LogP contribution in [0.3, 0.4) is 0 Å². The molecule has 0 spiro atoms. The van der Waals surface area contributed by atoms with E-state index in [1.807, 2.05) is 0 Å². The highest BCUT2D eigenvalue weighted by Crippen LogP contribution is 2.10. The SMILES string of the molecule is O=C(NCCCN1CCCCCC1)c1cc(F)ccc1F. The third-order valence-corrected chi connectivity index (χ3v) is 3.81. The van der Waals surface area contributed by atoms with E-state index < -0.39 is 17.5 Å². The molecule has 1 aliphatic rings. The Morgan fingerprint density at radius 1 is 1.14 bits per heavy atom. The van der Waals surface area contributed by atoms with Gasteiger partial charge in [0.05, 0.1) is 5.56 Å². The molecule has 21 heavy (non-hydrogen) atoms. The maximum atomic E-state index is 13.4. The molecular formula is C16H22F2N2O. The van der Waals surface area contributed by atoms with Gasteiger partial charge in [-0.25, -0.2) is 8.78 Å². The van der Waals surface area contributed by atoms with Gasteiger partial charge in [-0.2, -0.15) is 0 Å². The second-order valence-corrected chi connectivity index (χ2v) is 5.49. The molecule has 3 nitrogen and oxygen atoms in total. The molecule has 1 N–H and O–H groups in total. The summed E-state index contributed by atoms with van der Waals surface area (Å²) >= 11 is 0. The van der Waals surface area contributed by atoms with Crippen molar-refractivity contribution in [1.29, 1.82) is 0 Å². The van der Waals surface area contributed by atoms with Crippen molar-refractivity contribution in [3.8, 4) is 0 Å². The van der Waals surface area contributed by atoms with E-state index in [1.54, 1.807) is 0 Å². The fourth-order valence-corrected chi connectivity index (χ4v) is 2.63. The first-order valence-electron chi connectivity index (χ1n) is 7.62. The van der Waals surface area contributed by atoms with Crippen molar-refractivity contribution in [2.45, 2.75) is 32.1 Å². The highest BCUT2D eigenvalue weighted by molar-refractivity contribution is 5.94. The molecule has 0 saturated carbocycles. The number of nitrogens with zero attached hydrogens (tertiary/aromatic N) is 1. The predicted octanol–water partition coefficient (Wildman–Crippen LogP) is 2.96. The summed E-state index contributed by atoms with van der Waals surface area (Å²) in [5, 5.41) is 2.65. The van der Waals surface area contributed by atoms with Gasteiger partial charge in [0.2, 0.25) is 0 Å². The van der Waals surface area contributed by atoms with Crippen LogP contribution < -0.4 is 5.32 Å². The number of carbonyl (C=O) groups is 1. The summed E-state index contributed by atoms with van der Waals surface area (Å²) in [7, 11) is 0. The monoisotopic (exact) mass is 296 g/mol. The number of likely N-dealkylation sites (tertiary alicyclic amines) is 1. The lowest BCUT2D eigenvalue weighted by Crippen LogP contribution is -2.31. The minimum atomic E-state index is -0.693. The van der Waals surface area contributed by atoms with Gasteiger partial charge in [0.1, 0.15) is 11.6 Å². The van der Waals surface area contributed by atoms with Gasteiger partial charge in [0.15, 0.2) is 0 Å². The maximum Gasteiger partial charge on any atom is 0.254 e. The molecule has 1 aromatic rings. The third kappa shape index (κ3) is 5.08. The number of amides is 1. The van der Waals surface area contributed by atoms with Gasteiger partial charge in [0.25, 0.3) is 5.91 Å². The quantitative estimate of drug-likeness (QED) is 0.847. The average Bonchev–Trinajstić information content (AvgIpc) is 2.74. The molecule has 0 radical (unpaired) electrons. The van der Waals surface area contributed by atoms with Gasteiger partial charge in [0, 0.05) is 6.54 Å². The molecule has 0 bridgehead atoms. The molecular weight excluding hydrogens is 274 g/mol. The van der Waals surface area contributed by atoms with Crippen LogP contribution in [0.25, 0.3) is 0 Å². The molecule has 116 valence electrons. The zero-order chi connectivity index (χ0) is 15.1. The number of hydrogen-bond donors (Lipinski definition) is 1. The summed E-state index contributed by atoms with van der Waals surface area (Å²) < 4.78 is 26.5. The van der Waals surface area contributed by atoms with Crippen molar-refractivity contribution in [3.05, 3.63) is 35.4 Å². The first-order valence-corrected chi connectivity index (χ1v) is 7.62. The molecule has 0 aliphatic carbocycles. The molecule has 0 atom stereocenters. The highest BCUT2D eigenvalue weighted by atomic mass is 19.1. The molecule has 1 aromatic carbocycles. The molecule has 1 heterocycles. The van der Waals surface area contributed by atoms with Crippen LogP contribution in [0.4, 0.5) is 8.78 Å². The van der Waals surface area contributed by atoms with E-state index in [0.29, 0.717) is 6.54 Å². The lowest BCUT2D eigenvalue weighted by molar-refractivity contribution is 0.0947. The fraction of sp³-hybridized carbons (Fsp3) is 0.562. The molecule has 1 amide bonds. The van der Waals surface area contributed by atoms with Crippen molar-refractivity contribution in [3.63, 3.8) is 0 Å². The number of nitrogens with one attached hydrogen (secondary N) is 1. The fourth-order valence-electron chi connectivity index (χ4n) is 2.63. The summed E-state index contributed by atoms with van der Waals surface area (Å²) in [6.07, 6.45) is 5.89. The Balaban J connectivity index is 1.72. The second kappa shape index (κ2) is 8.08. The first kappa shape index (κ1) is 15.9. The molecule has 2 rings (SSSR count). The number of carbonyl (C=O) groups excluding carboxylic acids is 1. The Hall–Kier alpha value is -1.49.